The van der Waals surface area contributed by atoms with Crippen LogP contribution in [0.5, 0.6) is 0 Å². The lowest BCUT2D eigenvalue weighted by atomic mass is 9.87. The molecule has 9 heteroatoms. The lowest BCUT2D eigenvalue weighted by Crippen LogP contribution is -2.14. The minimum absolute atomic E-state index is 0.222. The maximum Gasteiger partial charge on any atom is 0.176 e. The van der Waals surface area contributed by atoms with Crippen LogP contribution in [0.25, 0.3) is 55.3 Å². The third-order valence-corrected chi connectivity index (χ3v) is 8.33. The molecule has 0 bridgehead atoms. The second-order valence-corrected chi connectivity index (χ2v) is 11.0. The molecule has 1 saturated carbocycles. The van der Waals surface area contributed by atoms with E-state index >= 15 is 0 Å². The van der Waals surface area contributed by atoms with Crippen LogP contribution in [0.1, 0.15) is 32.1 Å². The van der Waals surface area contributed by atoms with Gasteiger partial charge in [0.25, 0.3) is 0 Å². The first-order valence-electron chi connectivity index (χ1n) is 13.1. The zero-order valence-electron chi connectivity index (χ0n) is 21.2. The molecule has 7 rings (SSSR count). The largest absolute Gasteiger partial charge is 0.358 e. The van der Waals surface area contributed by atoms with E-state index in [1.54, 1.807) is 6.07 Å². The fourth-order valence-corrected chi connectivity index (χ4v) is 6.17. The van der Waals surface area contributed by atoms with E-state index < -0.39 is 0 Å². The van der Waals surface area contributed by atoms with Gasteiger partial charge in [0.05, 0.1) is 34.1 Å². The van der Waals surface area contributed by atoms with Crippen molar-refractivity contribution < 1.29 is 4.39 Å². The number of benzene rings is 1. The standard InChI is InChI=1S/C30H26FN7S/c1-17(18-6-3-2-4-7-18)33-20-14-19(15-32-16-20)22-10-11-24-28(34-22)29(38-37-24)30-35-23-9-5-8-21(27(23)36-30)25-12-13-26(31)39-25/h5,8-16,18,33H,1-4,6-7H2,(H,35,36)(H,37,38). The minimum atomic E-state index is -0.222. The maximum atomic E-state index is 13.7. The van der Waals surface area contributed by atoms with Crippen molar-refractivity contribution in [1.82, 2.24) is 30.1 Å². The molecule has 1 fully saturated rings. The summed E-state index contributed by atoms with van der Waals surface area (Å²) in [5, 5.41) is 10.9. The normalized spacial score (nSPS) is 14.3. The van der Waals surface area contributed by atoms with Gasteiger partial charge < -0.3 is 10.3 Å². The molecule has 1 aliphatic carbocycles. The fourth-order valence-electron chi connectivity index (χ4n) is 5.41. The number of para-hydroxylation sites is 1. The smallest absolute Gasteiger partial charge is 0.176 e. The lowest BCUT2D eigenvalue weighted by Gasteiger charge is -2.24. The van der Waals surface area contributed by atoms with E-state index in [1.807, 2.05) is 42.7 Å². The number of aromatic amines is 2. The van der Waals surface area contributed by atoms with Gasteiger partial charge in [0, 0.05) is 27.9 Å². The highest BCUT2D eigenvalue weighted by atomic mass is 32.1. The molecule has 0 aliphatic heterocycles. The summed E-state index contributed by atoms with van der Waals surface area (Å²) in [4.78, 5) is 18.5. The molecule has 194 valence electrons. The van der Waals surface area contributed by atoms with Crippen LogP contribution in [0.2, 0.25) is 0 Å². The summed E-state index contributed by atoms with van der Waals surface area (Å²) in [6, 6.07) is 15.1. The average Bonchev–Trinajstić information content (AvgIpc) is 3.71. The third-order valence-electron chi connectivity index (χ3n) is 7.42. The molecular formula is C30H26FN7S. The van der Waals surface area contributed by atoms with Gasteiger partial charge in [-0.3, -0.25) is 10.1 Å². The molecule has 0 atom stereocenters. The molecule has 1 aromatic carbocycles. The van der Waals surface area contributed by atoms with Crippen molar-refractivity contribution in [2.75, 3.05) is 5.32 Å². The molecule has 0 unspecified atom stereocenters. The molecule has 1 aliphatic rings. The number of halogens is 1. The van der Waals surface area contributed by atoms with Gasteiger partial charge >= 0.3 is 0 Å². The number of hydrogen-bond donors (Lipinski definition) is 3. The van der Waals surface area contributed by atoms with Gasteiger partial charge in [0.2, 0.25) is 0 Å². The Bertz CT molecular complexity index is 1830. The zero-order valence-corrected chi connectivity index (χ0v) is 22.0. The fraction of sp³-hybridized carbons (Fsp3) is 0.200. The van der Waals surface area contributed by atoms with Gasteiger partial charge in [0.15, 0.2) is 16.6 Å². The van der Waals surface area contributed by atoms with Crippen molar-refractivity contribution >= 4 is 39.1 Å². The first kappa shape index (κ1) is 23.7. The van der Waals surface area contributed by atoms with Gasteiger partial charge in [0.1, 0.15) is 5.52 Å². The van der Waals surface area contributed by atoms with Gasteiger partial charge in [-0.05, 0) is 55.2 Å². The Morgan fingerprint density at radius 2 is 1.87 bits per heavy atom. The van der Waals surface area contributed by atoms with Crippen LogP contribution in [0.15, 0.2) is 73.2 Å². The van der Waals surface area contributed by atoms with Crippen LogP contribution in [0.4, 0.5) is 10.1 Å². The molecule has 5 heterocycles. The number of allylic oxidation sites excluding steroid dienone is 1. The van der Waals surface area contributed by atoms with E-state index in [9.17, 15) is 4.39 Å². The number of H-pyrrole nitrogens is 2. The zero-order chi connectivity index (χ0) is 26.3. The molecule has 0 spiro atoms. The summed E-state index contributed by atoms with van der Waals surface area (Å²) in [5.41, 5.74) is 8.29. The summed E-state index contributed by atoms with van der Waals surface area (Å²) in [6.07, 6.45) is 9.86. The number of nitrogens with zero attached hydrogens (tertiary/aromatic N) is 4. The van der Waals surface area contributed by atoms with E-state index in [-0.39, 0.29) is 5.13 Å². The topological polar surface area (TPSA) is 95.2 Å². The van der Waals surface area contributed by atoms with Crippen LogP contribution in [0, 0.1) is 11.0 Å². The van der Waals surface area contributed by atoms with Crippen molar-refractivity contribution in [1.29, 1.82) is 0 Å². The second-order valence-electron chi connectivity index (χ2n) is 10.0. The molecule has 0 radical (unpaired) electrons. The minimum Gasteiger partial charge on any atom is -0.358 e. The second kappa shape index (κ2) is 9.74. The van der Waals surface area contributed by atoms with Crippen molar-refractivity contribution in [2.45, 2.75) is 32.1 Å². The Hall–Kier alpha value is -4.37. The highest BCUT2D eigenvalue weighted by Crippen LogP contribution is 2.35. The SMILES string of the molecule is C=C(Nc1cncc(-c2ccc3[nH]nc(-c4nc5c(-c6ccc(F)s6)cccc5[nH]4)c3n2)c1)C1CCCCC1. The van der Waals surface area contributed by atoms with Crippen LogP contribution in [0.3, 0.4) is 0 Å². The predicted molar refractivity (Wildman–Crippen MR) is 155 cm³/mol. The number of nitrogens with one attached hydrogen (secondary N) is 3. The Kier molecular flexibility index (Phi) is 5.93. The van der Waals surface area contributed by atoms with Gasteiger partial charge in [-0.1, -0.05) is 38.0 Å². The highest BCUT2D eigenvalue weighted by Gasteiger charge is 2.19. The van der Waals surface area contributed by atoms with E-state index in [0.717, 1.165) is 61.0 Å². The lowest BCUT2D eigenvalue weighted by molar-refractivity contribution is 0.405. The predicted octanol–water partition coefficient (Wildman–Crippen LogP) is 7.94. The Morgan fingerprint density at radius 3 is 2.72 bits per heavy atom. The van der Waals surface area contributed by atoms with E-state index in [2.05, 4.69) is 38.1 Å². The number of aromatic nitrogens is 6. The van der Waals surface area contributed by atoms with Crippen LogP contribution >= 0.6 is 11.3 Å². The van der Waals surface area contributed by atoms with Crippen molar-refractivity contribution in [3.8, 4) is 33.2 Å². The monoisotopic (exact) mass is 535 g/mol. The number of pyridine rings is 2. The van der Waals surface area contributed by atoms with Crippen LogP contribution in [-0.4, -0.2) is 30.1 Å². The number of fused-ring (bicyclic) bond motifs is 2. The van der Waals surface area contributed by atoms with Crippen molar-refractivity contribution in [2.24, 2.45) is 5.92 Å². The summed E-state index contributed by atoms with van der Waals surface area (Å²) < 4.78 is 13.7. The summed E-state index contributed by atoms with van der Waals surface area (Å²) in [5.74, 6) is 1.11. The number of thiophene rings is 1. The Labute approximate surface area is 228 Å². The molecule has 7 nitrogen and oxygen atoms in total. The van der Waals surface area contributed by atoms with E-state index in [1.165, 1.54) is 38.2 Å². The average molecular weight is 536 g/mol. The van der Waals surface area contributed by atoms with Gasteiger partial charge in [-0.2, -0.15) is 9.49 Å². The molecule has 6 aromatic rings. The first-order chi connectivity index (χ1) is 19.1. The number of rotatable bonds is 6. The van der Waals surface area contributed by atoms with Crippen molar-refractivity contribution in [3.63, 3.8) is 0 Å². The molecular weight excluding hydrogens is 509 g/mol. The van der Waals surface area contributed by atoms with E-state index in [0.29, 0.717) is 23.0 Å². The number of anilines is 1. The third kappa shape index (κ3) is 4.48. The van der Waals surface area contributed by atoms with Crippen LogP contribution in [-0.2, 0) is 0 Å². The van der Waals surface area contributed by atoms with E-state index in [4.69, 9.17) is 9.97 Å². The molecule has 39 heavy (non-hydrogen) atoms. The molecule has 3 N–H and O–H groups in total. The van der Waals surface area contributed by atoms with Gasteiger partial charge in [-0.15, -0.1) is 11.3 Å². The molecule has 0 saturated heterocycles. The summed E-state index contributed by atoms with van der Waals surface area (Å²) >= 11 is 1.11. The Morgan fingerprint density at radius 1 is 0.974 bits per heavy atom. The Balaban J connectivity index is 1.22. The first-order valence-corrected chi connectivity index (χ1v) is 14.0. The number of imidazole rings is 1. The van der Waals surface area contributed by atoms with Crippen molar-refractivity contribution in [3.05, 3.63) is 78.3 Å². The summed E-state index contributed by atoms with van der Waals surface area (Å²) in [6.45, 7) is 4.30. The van der Waals surface area contributed by atoms with Crippen LogP contribution < -0.4 is 5.32 Å². The highest BCUT2D eigenvalue weighted by molar-refractivity contribution is 7.14. The number of hydrogen-bond acceptors (Lipinski definition) is 6. The molecule has 0 amide bonds. The molecule has 5 aromatic heterocycles. The summed E-state index contributed by atoms with van der Waals surface area (Å²) in [7, 11) is 0. The van der Waals surface area contributed by atoms with Gasteiger partial charge in [-0.25, -0.2) is 9.97 Å². The maximum absolute atomic E-state index is 13.7. The quantitative estimate of drug-likeness (QED) is 0.201.